The molecule has 2 fully saturated rings. The van der Waals surface area contributed by atoms with Gasteiger partial charge in [-0.2, -0.15) is 0 Å². The van der Waals surface area contributed by atoms with E-state index >= 15 is 0 Å². The van der Waals surface area contributed by atoms with E-state index in [4.69, 9.17) is 5.11 Å². The van der Waals surface area contributed by atoms with E-state index in [0.717, 1.165) is 19.3 Å². The first-order chi connectivity index (χ1) is 9.93. The highest BCUT2D eigenvalue weighted by molar-refractivity contribution is 5.75. The smallest absolute Gasteiger partial charge is 0.315 e. The van der Waals surface area contributed by atoms with Crippen molar-refractivity contribution in [3.05, 3.63) is 0 Å². The molecule has 0 bridgehead atoms. The van der Waals surface area contributed by atoms with Crippen molar-refractivity contribution in [2.24, 2.45) is 5.92 Å². The molecular formula is C15H27N3O3. The summed E-state index contributed by atoms with van der Waals surface area (Å²) in [5.74, 6) is -1.06. The molecular weight excluding hydrogens is 270 g/mol. The molecule has 0 aliphatic heterocycles. The third kappa shape index (κ3) is 3.87. The summed E-state index contributed by atoms with van der Waals surface area (Å²) in [6.07, 6.45) is 6.61. The Labute approximate surface area is 126 Å². The summed E-state index contributed by atoms with van der Waals surface area (Å²) in [5.41, 5.74) is 0.0800. The molecule has 0 heterocycles. The zero-order valence-corrected chi connectivity index (χ0v) is 13.0. The van der Waals surface area contributed by atoms with Crippen LogP contribution >= 0.6 is 0 Å². The Hall–Kier alpha value is -1.30. The molecule has 6 heteroatoms. The van der Waals surface area contributed by atoms with Crippen LogP contribution in [-0.2, 0) is 4.79 Å². The molecule has 0 unspecified atom stereocenters. The summed E-state index contributed by atoms with van der Waals surface area (Å²) in [6, 6.07) is -0.177. The second-order valence-electron chi connectivity index (χ2n) is 6.70. The van der Waals surface area contributed by atoms with E-state index < -0.39 is 5.97 Å². The van der Waals surface area contributed by atoms with Crippen LogP contribution in [0.3, 0.4) is 0 Å². The van der Waals surface area contributed by atoms with Crippen LogP contribution in [0.5, 0.6) is 0 Å². The Morgan fingerprint density at radius 1 is 1.24 bits per heavy atom. The number of hydrogen-bond acceptors (Lipinski definition) is 3. The Kier molecular flexibility index (Phi) is 5.08. The van der Waals surface area contributed by atoms with Crippen LogP contribution in [0.2, 0.25) is 0 Å². The van der Waals surface area contributed by atoms with E-state index in [-0.39, 0.29) is 23.5 Å². The highest BCUT2D eigenvalue weighted by atomic mass is 16.4. The maximum Gasteiger partial charge on any atom is 0.315 e. The minimum atomic E-state index is -0.753. The molecule has 2 amide bonds. The van der Waals surface area contributed by atoms with E-state index in [2.05, 4.69) is 29.6 Å². The van der Waals surface area contributed by atoms with Gasteiger partial charge in [0.15, 0.2) is 0 Å². The molecule has 2 atom stereocenters. The number of carboxylic acids is 1. The number of carboxylic acid groups (broad SMARTS) is 1. The molecule has 6 nitrogen and oxygen atoms in total. The van der Waals surface area contributed by atoms with Gasteiger partial charge in [0.1, 0.15) is 0 Å². The standard InChI is InChI=1S/C15H27N3O3/c1-18(2)15(7-3-4-8-15)10-16-14(21)17-12-6-5-11(9-12)13(19)20/h11-12H,3-10H2,1-2H3,(H,19,20)(H2,16,17,21)/t11-,12+/m1/s1. The highest BCUT2D eigenvalue weighted by Crippen LogP contribution is 2.33. The molecule has 0 saturated heterocycles. The number of hydrogen-bond donors (Lipinski definition) is 3. The maximum absolute atomic E-state index is 12.0. The molecule has 0 spiro atoms. The molecule has 3 N–H and O–H groups in total. The van der Waals surface area contributed by atoms with Crippen molar-refractivity contribution in [1.82, 2.24) is 15.5 Å². The van der Waals surface area contributed by atoms with Crippen LogP contribution in [0, 0.1) is 5.92 Å². The number of carbonyl (C=O) groups is 2. The van der Waals surface area contributed by atoms with E-state index in [9.17, 15) is 9.59 Å². The number of likely N-dealkylation sites (N-methyl/N-ethyl adjacent to an activating group) is 1. The summed E-state index contributed by atoms with van der Waals surface area (Å²) in [5, 5.41) is 14.9. The number of carbonyl (C=O) groups excluding carboxylic acids is 1. The molecule has 2 aliphatic rings. The average Bonchev–Trinajstić information content (AvgIpc) is 3.05. The Balaban J connectivity index is 1.76. The quantitative estimate of drug-likeness (QED) is 0.716. The Bertz CT molecular complexity index is 392. The van der Waals surface area contributed by atoms with Crippen molar-refractivity contribution in [2.75, 3.05) is 20.6 Å². The molecule has 21 heavy (non-hydrogen) atoms. The Morgan fingerprint density at radius 2 is 1.90 bits per heavy atom. The lowest BCUT2D eigenvalue weighted by molar-refractivity contribution is -0.141. The van der Waals surface area contributed by atoms with Crippen LogP contribution < -0.4 is 10.6 Å². The summed E-state index contributed by atoms with van der Waals surface area (Å²) in [7, 11) is 4.14. The van der Waals surface area contributed by atoms with Crippen LogP contribution in [0.1, 0.15) is 44.9 Å². The fraction of sp³-hybridized carbons (Fsp3) is 0.867. The van der Waals surface area contributed by atoms with Gasteiger partial charge in [0, 0.05) is 18.1 Å². The number of nitrogens with zero attached hydrogens (tertiary/aromatic N) is 1. The van der Waals surface area contributed by atoms with Crippen molar-refractivity contribution in [2.45, 2.75) is 56.5 Å². The maximum atomic E-state index is 12.0. The molecule has 0 aromatic carbocycles. The number of amides is 2. The van der Waals surface area contributed by atoms with E-state index in [1.54, 1.807) is 0 Å². The fourth-order valence-corrected chi connectivity index (χ4v) is 3.63. The highest BCUT2D eigenvalue weighted by Gasteiger charge is 2.36. The van der Waals surface area contributed by atoms with Crippen LogP contribution in [-0.4, -0.2) is 54.2 Å². The third-order valence-electron chi connectivity index (χ3n) is 5.18. The van der Waals surface area contributed by atoms with Gasteiger partial charge in [-0.25, -0.2) is 4.79 Å². The zero-order chi connectivity index (χ0) is 15.5. The zero-order valence-electron chi connectivity index (χ0n) is 13.0. The summed E-state index contributed by atoms with van der Waals surface area (Å²) in [4.78, 5) is 25.1. The van der Waals surface area contributed by atoms with Gasteiger partial charge in [-0.15, -0.1) is 0 Å². The van der Waals surface area contributed by atoms with Crippen molar-refractivity contribution in [1.29, 1.82) is 0 Å². The lowest BCUT2D eigenvalue weighted by Crippen LogP contribution is -2.53. The van der Waals surface area contributed by atoms with Gasteiger partial charge in [-0.1, -0.05) is 12.8 Å². The van der Waals surface area contributed by atoms with Gasteiger partial charge in [0.05, 0.1) is 5.92 Å². The topological polar surface area (TPSA) is 81.7 Å². The number of urea groups is 1. The second-order valence-corrected chi connectivity index (χ2v) is 6.70. The van der Waals surface area contributed by atoms with Crippen LogP contribution in [0.15, 0.2) is 0 Å². The summed E-state index contributed by atoms with van der Waals surface area (Å²) < 4.78 is 0. The molecule has 0 aromatic rings. The second kappa shape index (κ2) is 6.64. The first-order valence-corrected chi connectivity index (χ1v) is 7.87. The lowest BCUT2D eigenvalue weighted by Gasteiger charge is -2.36. The largest absolute Gasteiger partial charge is 0.481 e. The predicted molar refractivity (Wildman–Crippen MR) is 80.2 cm³/mol. The fourth-order valence-electron chi connectivity index (χ4n) is 3.63. The van der Waals surface area contributed by atoms with Gasteiger partial charge in [0.25, 0.3) is 0 Å². The van der Waals surface area contributed by atoms with Crippen molar-refractivity contribution < 1.29 is 14.7 Å². The van der Waals surface area contributed by atoms with E-state index in [1.807, 2.05) is 0 Å². The van der Waals surface area contributed by atoms with Crippen molar-refractivity contribution in [3.8, 4) is 0 Å². The molecule has 2 rings (SSSR count). The van der Waals surface area contributed by atoms with Gasteiger partial charge < -0.3 is 20.6 Å². The minimum Gasteiger partial charge on any atom is -0.481 e. The normalized spacial score (nSPS) is 27.8. The number of rotatable bonds is 5. The molecule has 0 radical (unpaired) electrons. The lowest BCUT2D eigenvalue weighted by atomic mass is 9.96. The minimum absolute atomic E-state index is 0.00927. The SMILES string of the molecule is CN(C)C1(CNC(=O)N[C@H]2CC[C@@H](C(=O)O)C2)CCCC1. The molecule has 0 aromatic heterocycles. The number of aliphatic carboxylic acids is 1. The van der Waals surface area contributed by atoms with Gasteiger partial charge >= 0.3 is 12.0 Å². The number of nitrogens with one attached hydrogen (secondary N) is 2. The van der Waals surface area contributed by atoms with Crippen molar-refractivity contribution in [3.63, 3.8) is 0 Å². The predicted octanol–water partition coefficient (Wildman–Crippen LogP) is 1.41. The Morgan fingerprint density at radius 3 is 2.43 bits per heavy atom. The first-order valence-electron chi connectivity index (χ1n) is 7.87. The average molecular weight is 297 g/mol. The van der Waals surface area contributed by atoms with Gasteiger partial charge in [-0.3, -0.25) is 4.79 Å². The first kappa shape index (κ1) is 16.1. The van der Waals surface area contributed by atoms with Crippen LogP contribution in [0.25, 0.3) is 0 Å². The van der Waals surface area contributed by atoms with E-state index in [1.165, 1.54) is 12.8 Å². The van der Waals surface area contributed by atoms with Crippen molar-refractivity contribution >= 4 is 12.0 Å². The van der Waals surface area contributed by atoms with Gasteiger partial charge in [-0.05, 0) is 46.2 Å². The molecule has 120 valence electrons. The third-order valence-corrected chi connectivity index (χ3v) is 5.18. The molecule has 2 aliphatic carbocycles. The van der Waals surface area contributed by atoms with Crippen LogP contribution in [0.4, 0.5) is 4.79 Å². The molecule has 2 saturated carbocycles. The summed E-state index contributed by atoms with van der Waals surface area (Å²) in [6.45, 7) is 0.654. The van der Waals surface area contributed by atoms with Gasteiger partial charge in [0.2, 0.25) is 0 Å². The summed E-state index contributed by atoms with van der Waals surface area (Å²) >= 11 is 0. The van der Waals surface area contributed by atoms with E-state index in [0.29, 0.717) is 19.4 Å². The monoisotopic (exact) mass is 297 g/mol.